The number of carbonyl (C=O) groups is 3. The monoisotopic (exact) mass is 1150 g/mol. The molecule has 2 aliphatic heterocycles. The highest BCUT2D eigenvalue weighted by atomic mass is 32.7. The summed E-state index contributed by atoms with van der Waals surface area (Å²) < 4.78 is 68.3. The Morgan fingerprint density at radius 1 is 0.790 bits per heavy atom. The van der Waals surface area contributed by atoms with Crippen LogP contribution in [-0.2, 0) is 47.8 Å². The minimum Gasteiger partial charge on any atom is -0.497 e. The van der Waals surface area contributed by atoms with Gasteiger partial charge in [-0.15, -0.1) is 0 Å². The van der Waals surface area contributed by atoms with E-state index in [1.165, 1.54) is 30.1 Å². The first-order valence-electron chi connectivity index (χ1n) is 26.2. The number of benzene rings is 4. The lowest BCUT2D eigenvalue weighted by Crippen LogP contribution is -2.38. The molecular weight excluding hydrogens is 1080 g/mol. The number of anilines is 2. The van der Waals surface area contributed by atoms with Crippen molar-refractivity contribution in [3.8, 4) is 11.5 Å². The minimum atomic E-state index is -4.26. The lowest BCUT2D eigenvalue weighted by Gasteiger charge is -2.37. The van der Waals surface area contributed by atoms with Crippen LogP contribution in [0, 0.1) is 5.92 Å². The van der Waals surface area contributed by atoms with Crippen LogP contribution in [0.4, 0.5) is 11.8 Å². The van der Waals surface area contributed by atoms with Crippen molar-refractivity contribution in [2.45, 2.75) is 88.9 Å². The molecule has 81 heavy (non-hydrogen) atoms. The van der Waals surface area contributed by atoms with E-state index in [0.29, 0.717) is 23.6 Å². The number of methoxy groups -OCH3 is 2. The van der Waals surface area contributed by atoms with Crippen molar-refractivity contribution in [3.63, 3.8) is 0 Å². The predicted octanol–water partition coefficient (Wildman–Crippen LogP) is 8.45. The van der Waals surface area contributed by atoms with Crippen molar-refractivity contribution in [3.05, 3.63) is 171 Å². The summed E-state index contributed by atoms with van der Waals surface area (Å²) in [5.74, 6) is 0.388. The van der Waals surface area contributed by atoms with Gasteiger partial charge in [0.1, 0.15) is 65.6 Å². The van der Waals surface area contributed by atoms with Gasteiger partial charge in [0.25, 0.3) is 11.5 Å². The van der Waals surface area contributed by atoms with Crippen LogP contribution in [0.2, 0.25) is 0 Å². The van der Waals surface area contributed by atoms with Crippen LogP contribution in [0.1, 0.15) is 86.0 Å². The number of hydrogen-bond donors (Lipinski definition) is 3. The summed E-state index contributed by atoms with van der Waals surface area (Å²) in [5.41, 5.74) is 0.259. The average Bonchev–Trinajstić information content (AvgIpc) is 4.24. The number of H-pyrrole nitrogens is 1. The molecule has 0 bridgehead atoms. The molecule has 2 saturated heterocycles. The lowest BCUT2D eigenvalue weighted by atomic mass is 9.80. The third-order valence-electron chi connectivity index (χ3n) is 13.7. The lowest BCUT2D eigenvalue weighted by molar-refractivity contribution is -0.153. The summed E-state index contributed by atoms with van der Waals surface area (Å²) in [6.45, 7) is 1.02. The first kappa shape index (κ1) is 58.2. The van der Waals surface area contributed by atoms with Crippen LogP contribution in [0.15, 0.2) is 137 Å². The van der Waals surface area contributed by atoms with E-state index in [-0.39, 0.29) is 66.9 Å². The number of aromatic nitrogens is 6. The molecule has 2 aliphatic rings. The number of esters is 1. The molecule has 9 rings (SSSR count). The maximum Gasteiger partial charge on any atom is 0.389 e. The van der Waals surface area contributed by atoms with E-state index in [2.05, 4.69) is 30.6 Å². The Bertz CT molecular complexity index is 3430. The standard InChI is InChI=1S/C57H63N8O14PS/c1-35(2)31-58-55-62-52-51(54(69)63-55)59-34-65(52)49-29-43(78-50(67)26-17-36(3)66)46(77-49)33-75-80(71,81-6)79-44-30-48(64-28-27-47(61-56(64)70)60-53(68)37-13-9-7-10-14-37)76-45(44)32-74-57(38-15-11-8-12-16-38,39-18-22-41(72-4)23-19-39)40-20-24-42(73-5)25-21-40/h7-16,18-25,27-28,34-35,43-46,48-49H,17,26,29-33H2,1-6H3,(H2,58,62,63,69)(H,60,61,68,70)/t43-,44-,45+,46+,48+,49+,80?/m0/s1. The van der Waals surface area contributed by atoms with E-state index < -0.39 is 79.0 Å². The molecule has 0 aliphatic carbocycles. The number of nitrogens with zero attached hydrogens (tertiary/aromatic N) is 5. The Hall–Kier alpha value is -7.50. The second-order valence-electron chi connectivity index (χ2n) is 19.7. The van der Waals surface area contributed by atoms with Crippen LogP contribution in [0.25, 0.3) is 11.2 Å². The summed E-state index contributed by atoms with van der Waals surface area (Å²) in [5, 5.41) is 5.80. The number of nitrogens with one attached hydrogen (secondary N) is 3. The number of amides is 1. The maximum atomic E-state index is 15.2. The Kier molecular flexibility index (Phi) is 18.6. The molecule has 2 fully saturated rings. The highest BCUT2D eigenvalue weighted by Gasteiger charge is 2.47. The van der Waals surface area contributed by atoms with E-state index in [0.717, 1.165) is 28.1 Å². The number of aromatic amines is 1. The molecular formula is C57H63N8O14PS. The van der Waals surface area contributed by atoms with E-state index in [9.17, 15) is 24.0 Å². The molecule has 22 nitrogen and oxygen atoms in total. The molecule has 3 N–H and O–H groups in total. The van der Waals surface area contributed by atoms with Crippen LogP contribution in [0.3, 0.4) is 0 Å². The van der Waals surface area contributed by atoms with E-state index in [4.69, 9.17) is 37.5 Å². The van der Waals surface area contributed by atoms with E-state index >= 15 is 4.57 Å². The third kappa shape index (κ3) is 13.6. The smallest absolute Gasteiger partial charge is 0.389 e. The van der Waals surface area contributed by atoms with Crippen LogP contribution >= 0.6 is 18.2 Å². The quantitative estimate of drug-likeness (QED) is 0.0275. The summed E-state index contributed by atoms with van der Waals surface area (Å²) in [4.78, 5) is 81.0. The zero-order valence-electron chi connectivity index (χ0n) is 45.4. The fourth-order valence-corrected chi connectivity index (χ4v) is 11.7. The van der Waals surface area contributed by atoms with Crippen molar-refractivity contribution < 1.29 is 56.4 Å². The van der Waals surface area contributed by atoms with Gasteiger partial charge in [0.2, 0.25) is 5.95 Å². The van der Waals surface area contributed by atoms with Gasteiger partial charge >= 0.3 is 18.5 Å². The Morgan fingerprint density at radius 2 is 1.40 bits per heavy atom. The van der Waals surface area contributed by atoms with Gasteiger partial charge in [0, 0.05) is 37.6 Å². The molecule has 0 saturated carbocycles. The normalized spacial score (nSPS) is 19.7. The largest absolute Gasteiger partial charge is 0.497 e. The molecule has 24 heteroatoms. The third-order valence-corrected chi connectivity index (χ3v) is 17.0. The number of ether oxygens (including phenoxy) is 6. The zero-order chi connectivity index (χ0) is 57.3. The molecule has 0 spiro atoms. The van der Waals surface area contributed by atoms with Crippen LogP contribution < -0.4 is 31.4 Å². The van der Waals surface area contributed by atoms with Gasteiger partial charge in [0.15, 0.2) is 11.2 Å². The summed E-state index contributed by atoms with van der Waals surface area (Å²) in [6.07, 6.45) is -2.00. The van der Waals surface area contributed by atoms with Gasteiger partial charge in [-0.1, -0.05) is 86.6 Å². The van der Waals surface area contributed by atoms with Crippen LogP contribution in [0.5, 0.6) is 11.5 Å². The molecule has 7 aromatic rings. The van der Waals surface area contributed by atoms with Gasteiger partial charge in [-0.3, -0.25) is 37.5 Å². The number of Topliss-reactive ketones (excluding diaryl/α,β-unsaturated/α-hetero) is 1. The van der Waals surface area contributed by atoms with Crippen molar-refractivity contribution in [2.75, 3.05) is 50.9 Å². The molecule has 3 aromatic heterocycles. The number of ketones is 1. The van der Waals surface area contributed by atoms with Crippen molar-refractivity contribution in [1.82, 2.24) is 29.1 Å². The number of carbonyl (C=O) groups excluding carboxylic acids is 3. The summed E-state index contributed by atoms with van der Waals surface area (Å²) in [6, 6.07) is 34.5. The number of rotatable bonds is 25. The zero-order valence-corrected chi connectivity index (χ0v) is 47.1. The van der Waals surface area contributed by atoms with Gasteiger partial charge in [-0.25, -0.2) is 14.3 Å². The predicted molar refractivity (Wildman–Crippen MR) is 301 cm³/mol. The number of hydrogen-bond acceptors (Lipinski definition) is 19. The first-order chi connectivity index (χ1) is 39.1. The highest BCUT2D eigenvalue weighted by molar-refractivity contribution is 8.54. The van der Waals surface area contributed by atoms with Gasteiger partial charge in [-0.05, 0) is 89.6 Å². The molecule has 426 valence electrons. The minimum absolute atomic E-state index is 0.0106. The SMILES string of the molecule is COc1ccc(C(OC[C@H]2O[C@@H](n3ccc(NC(=O)c4ccccc4)nc3=O)C[C@@H]2OP(=O)(OC[C@H]2O[C@@H](n3cnc4c(=O)[nH]c(NCC(C)C)nc43)C[C@@H]2OC(=O)CCC(C)=O)SC)(c2ccccc2)c2ccc(OC)cc2)cc1. The Morgan fingerprint density at radius 3 is 2.00 bits per heavy atom. The second kappa shape index (κ2) is 26.0. The average molecular weight is 1150 g/mol. The molecule has 1 unspecified atom stereocenters. The first-order valence-corrected chi connectivity index (χ1v) is 29.6. The summed E-state index contributed by atoms with van der Waals surface area (Å²) >= 11 is 0.807. The maximum absolute atomic E-state index is 15.2. The summed E-state index contributed by atoms with van der Waals surface area (Å²) in [7, 11) is 3.16. The number of imidazole rings is 1. The number of fused-ring (bicyclic) bond motifs is 1. The molecule has 0 radical (unpaired) electrons. The molecule has 5 heterocycles. The molecule has 1 amide bonds. The van der Waals surface area contributed by atoms with Crippen molar-refractivity contribution in [2.24, 2.45) is 5.92 Å². The van der Waals surface area contributed by atoms with Gasteiger partial charge in [0.05, 0.1) is 40.2 Å². The van der Waals surface area contributed by atoms with Crippen molar-refractivity contribution in [1.29, 1.82) is 0 Å². The van der Waals surface area contributed by atoms with Crippen LogP contribution in [-0.4, -0.2) is 111 Å². The molecule has 4 aromatic carbocycles. The topological polar surface area (TPSA) is 265 Å². The van der Waals surface area contributed by atoms with E-state index in [1.807, 2.05) is 92.7 Å². The fourth-order valence-electron chi connectivity index (χ4n) is 9.52. The van der Waals surface area contributed by atoms with Gasteiger partial charge in [-0.2, -0.15) is 9.97 Å². The fraction of sp³-hybridized carbons (Fsp3) is 0.368. The van der Waals surface area contributed by atoms with E-state index in [1.54, 1.807) is 55.4 Å². The molecule has 7 atom stereocenters. The van der Waals surface area contributed by atoms with Gasteiger partial charge < -0.3 is 43.8 Å². The second-order valence-corrected chi connectivity index (χ2v) is 23.8. The Labute approximate surface area is 470 Å². The highest BCUT2D eigenvalue weighted by Crippen LogP contribution is 2.62. The Balaban J connectivity index is 1.03. The van der Waals surface area contributed by atoms with Crippen molar-refractivity contribution >= 4 is 58.8 Å².